The summed E-state index contributed by atoms with van der Waals surface area (Å²) in [6.07, 6.45) is 11.3. The molecule has 0 bridgehead atoms. The monoisotopic (exact) mass is 824 g/mol. The SMILES string of the molecule is CNC(=O)c1ccc(-c2cnc3ncc(Cc4ccc5ncccc5c4)n3n2)cc1F.CNC(=O)c1ccc(-c2cnc3ncc(Cc4ccc5ncccc5c4)n3n2)cc1F. The third-order valence-electron chi connectivity index (χ3n) is 10.2. The summed E-state index contributed by atoms with van der Waals surface area (Å²) >= 11 is 0. The molecule has 304 valence electrons. The van der Waals surface area contributed by atoms with Crippen molar-refractivity contribution >= 4 is 45.2 Å². The minimum atomic E-state index is -0.616. The zero-order valence-corrected chi connectivity index (χ0v) is 33.2. The Morgan fingerprint density at radius 2 is 0.968 bits per heavy atom. The summed E-state index contributed by atoms with van der Waals surface area (Å²) in [5, 5.41) is 16.2. The lowest BCUT2D eigenvalue weighted by Crippen LogP contribution is -2.19. The Hall–Kier alpha value is -8.40. The Bertz CT molecular complexity index is 3110. The lowest BCUT2D eigenvalue weighted by atomic mass is 10.1. The molecule has 0 spiro atoms. The molecule has 0 saturated carbocycles. The zero-order valence-electron chi connectivity index (χ0n) is 33.2. The Kier molecular flexibility index (Phi) is 10.5. The van der Waals surface area contributed by atoms with Crippen LogP contribution in [0, 0.1) is 11.6 Å². The predicted octanol–water partition coefficient (Wildman–Crippen LogP) is 6.86. The first-order chi connectivity index (χ1) is 30.2. The number of carbonyl (C=O) groups excluding carboxylic acids is 2. The fourth-order valence-corrected chi connectivity index (χ4v) is 7.02. The van der Waals surface area contributed by atoms with Crippen LogP contribution in [0.5, 0.6) is 0 Å². The van der Waals surface area contributed by atoms with Crippen molar-refractivity contribution in [2.75, 3.05) is 14.1 Å². The molecule has 0 atom stereocenters. The molecule has 0 radical (unpaired) electrons. The number of benzene rings is 4. The summed E-state index contributed by atoms with van der Waals surface area (Å²) in [5.41, 5.74) is 7.75. The highest BCUT2D eigenvalue weighted by Gasteiger charge is 2.16. The lowest BCUT2D eigenvalue weighted by Gasteiger charge is -2.07. The largest absolute Gasteiger partial charge is 0.355 e. The van der Waals surface area contributed by atoms with Crippen molar-refractivity contribution in [1.82, 2.24) is 59.8 Å². The number of pyridine rings is 2. The summed E-state index contributed by atoms with van der Waals surface area (Å²) in [6.45, 7) is 0. The van der Waals surface area contributed by atoms with E-state index in [0.717, 1.165) is 44.3 Å². The summed E-state index contributed by atoms with van der Waals surface area (Å²) < 4.78 is 32.1. The molecule has 2 amide bonds. The molecule has 62 heavy (non-hydrogen) atoms. The quantitative estimate of drug-likeness (QED) is 0.165. The van der Waals surface area contributed by atoms with E-state index in [1.165, 1.54) is 38.4 Å². The third-order valence-corrected chi connectivity index (χ3v) is 10.2. The van der Waals surface area contributed by atoms with E-state index in [1.807, 2.05) is 48.5 Å². The van der Waals surface area contributed by atoms with Gasteiger partial charge in [-0.05, 0) is 71.8 Å². The first-order valence-electron chi connectivity index (χ1n) is 19.4. The number of aromatic nitrogens is 10. The number of nitrogens with one attached hydrogen (secondary N) is 2. The lowest BCUT2D eigenvalue weighted by molar-refractivity contribution is 0.0950. The average Bonchev–Trinajstić information content (AvgIpc) is 3.91. The normalized spacial score (nSPS) is 11.2. The van der Waals surface area contributed by atoms with E-state index in [-0.39, 0.29) is 11.1 Å². The van der Waals surface area contributed by atoms with Gasteiger partial charge >= 0.3 is 0 Å². The molecule has 2 N–H and O–H groups in total. The Labute approximate surface area is 351 Å². The number of imidazole rings is 2. The van der Waals surface area contributed by atoms with Crippen LogP contribution in [0.2, 0.25) is 0 Å². The van der Waals surface area contributed by atoms with E-state index < -0.39 is 23.4 Å². The van der Waals surface area contributed by atoms with Gasteiger partial charge < -0.3 is 10.6 Å². The number of nitrogens with zero attached hydrogens (tertiary/aromatic N) is 10. The second-order valence-electron chi connectivity index (χ2n) is 14.2. The van der Waals surface area contributed by atoms with E-state index in [9.17, 15) is 18.4 Å². The Balaban J connectivity index is 0.000000158. The van der Waals surface area contributed by atoms with Crippen LogP contribution in [0.1, 0.15) is 43.2 Å². The summed E-state index contributed by atoms with van der Waals surface area (Å²) in [4.78, 5) is 49.5. The maximum Gasteiger partial charge on any atom is 0.253 e. The van der Waals surface area contributed by atoms with E-state index in [4.69, 9.17) is 0 Å². The van der Waals surface area contributed by atoms with Gasteiger partial charge in [-0.25, -0.2) is 37.7 Å². The van der Waals surface area contributed by atoms with Crippen LogP contribution in [0.25, 0.3) is 55.9 Å². The molecule has 10 aromatic rings. The van der Waals surface area contributed by atoms with Gasteiger partial charge in [-0.3, -0.25) is 19.6 Å². The van der Waals surface area contributed by atoms with E-state index >= 15 is 0 Å². The minimum Gasteiger partial charge on any atom is -0.355 e. The van der Waals surface area contributed by atoms with Gasteiger partial charge in [-0.2, -0.15) is 10.2 Å². The number of fused-ring (bicyclic) bond motifs is 4. The predicted molar refractivity (Wildman–Crippen MR) is 228 cm³/mol. The third kappa shape index (κ3) is 7.87. The fraction of sp³-hybridized carbons (Fsp3) is 0.0870. The van der Waals surface area contributed by atoms with Crippen molar-refractivity contribution in [3.05, 3.63) is 180 Å². The van der Waals surface area contributed by atoms with Gasteiger partial charge in [0.1, 0.15) is 23.0 Å². The number of carbonyl (C=O) groups is 2. The van der Waals surface area contributed by atoms with Crippen LogP contribution in [-0.2, 0) is 12.8 Å². The molecular formula is C46H34F2N12O2. The highest BCUT2D eigenvalue weighted by molar-refractivity contribution is 5.95. The minimum absolute atomic E-state index is 0.0191. The standard InChI is InChI=1S/2C23H17FN6O/c2*1-25-22(31)18-6-5-16(11-19(18)24)21-13-28-23-27-12-17(30(23)29-21)10-14-4-7-20-15(9-14)3-2-8-26-20/h2*2-9,11-13H,10H2,1H3,(H,25,31). The molecule has 16 heteroatoms. The van der Waals surface area contributed by atoms with Crippen molar-refractivity contribution in [3.8, 4) is 22.5 Å². The molecule has 14 nitrogen and oxygen atoms in total. The van der Waals surface area contributed by atoms with Gasteiger partial charge in [0.25, 0.3) is 23.4 Å². The van der Waals surface area contributed by atoms with E-state index in [0.29, 0.717) is 46.9 Å². The fourth-order valence-electron chi connectivity index (χ4n) is 7.02. The first kappa shape index (κ1) is 39.1. The average molecular weight is 825 g/mol. The van der Waals surface area contributed by atoms with E-state index in [2.05, 4.69) is 62.9 Å². The molecule has 0 unspecified atom stereocenters. The molecule has 6 heterocycles. The molecule has 0 fully saturated rings. The summed E-state index contributed by atoms with van der Waals surface area (Å²) in [6, 6.07) is 28.8. The number of hydrogen-bond donors (Lipinski definition) is 2. The summed E-state index contributed by atoms with van der Waals surface area (Å²) in [5.74, 6) is -1.27. The number of halogens is 2. The smallest absolute Gasteiger partial charge is 0.253 e. The number of amides is 2. The van der Waals surface area contributed by atoms with Gasteiger partial charge in [0.05, 0.1) is 58.3 Å². The van der Waals surface area contributed by atoms with Gasteiger partial charge in [0.2, 0.25) is 0 Å². The Morgan fingerprint density at radius 1 is 0.532 bits per heavy atom. The highest BCUT2D eigenvalue weighted by atomic mass is 19.1. The van der Waals surface area contributed by atoms with Crippen LogP contribution < -0.4 is 10.6 Å². The molecule has 0 saturated heterocycles. The maximum absolute atomic E-state index is 14.4. The molecule has 6 aromatic heterocycles. The zero-order chi connectivity index (χ0) is 42.7. The second kappa shape index (κ2) is 16.7. The first-order valence-corrected chi connectivity index (χ1v) is 19.4. The number of rotatable bonds is 8. The van der Waals surface area contributed by atoms with Crippen molar-refractivity contribution in [1.29, 1.82) is 0 Å². The van der Waals surface area contributed by atoms with Gasteiger partial charge in [-0.15, -0.1) is 0 Å². The van der Waals surface area contributed by atoms with Crippen LogP contribution in [0.15, 0.2) is 134 Å². The van der Waals surface area contributed by atoms with Crippen molar-refractivity contribution in [3.63, 3.8) is 0 Å². The molecule has 4 aromatic carbocycles. The maximum atomic E-state index is 14.4. The van der Waals surface area contributed by atoms with Crippen LogP contribution in [0.4, 0.5) is 8.78 Å². The molecule has 0 aliphatic heterocycles. The van der Waals surface area contributed by atoms with Crippen molar-refractivity contribution in [2.24, 2.45) is 0 Å². The van der Waals surface area contributed by atoms with Crippen LogP contribution in [-0.4, -0.2) is 75.0 Å². The van der Waals surface area contributed by atoms with E-state index in [1.54, 1.807) is 58.3 Å². The summed E-state index contributed by atoms with van der Waals surface area (Å²) in [7, 11) is 2.92. The topological polar surface area (TPSA) is 170 Å². The van der Waals surface area contributed by atoms with Crippen LogP contribution >= 0.6 is 0 Å². The Morgan fingerprint density at radius 3 is 1.39 bits per heavy atom. The number of hydrogen-bond acceptors (Lipinski definition) is 10. The van der Waals surface area contributed by atoms with Crippen LogP contribution in [0.3, 0.4) is 0 Å². The van der Waals surface area contributed by atoms with Gasteiger partial charge in [0.15, 0.2) is 0 Å². The molecule has 0 aliphatic carbocycles. The van der Waals surface area contributed by atoms with Gasteiger partial charge in [-0.1, -0.05) is 36.4 Å². The molecule has 0 aliphatic rings. The molecular weight excluding hydrogens is 791 g/mol. The van der Waals surface area contributed by atoms with Gasteiger partial charge in [0, 0.05) is 61.2 Å². The van der Waals surface area contributed by atoms with Crippen molar-refractivity contribution in [2.45, 2.75) is 12.8 Å². The second-order valence-corrected chi connectivity index (χ2v) is 14.2. The highest BCUT2D eigenvalue weighted by Crippen LogP contribution is 2.24. The van der Waals surface area contributed by atoms with Crippen molar-refractivity contribution < 1.29 is 18.4 Å². The molecule has 10 rings (SSSR count).